The Balaban J connectivity index is 1.93. The summed E-state index contributed by atoms with van der Waals surface area (Å²) in [5.74, 6) is -0.874. The van der Waals surface area contributed by atoms with Crippen LogP contribution in [-0.4, -0.2) is 78.0 Å². The van der Waals surface area contributed by atoms with Crippen LogP contribution in [0, 0.1) is 0 Å². The first kappa shape index (κ1) is 19.8. The van der Waals surface area contributed by atoms with Gasteiger partial charge in [0.25, 0.3) is 5.91 Å². The van der Waals surface area contributed by atoms with E-state index in [0.717, 1.165) is 4.90 Å². The van der Waals surface area contributed by atoms with Crippen molar-refractivity contribution in [1.29, 1.82) is 0 Å². The minimum Gasteiger partial charge on any atom is -0.480 e. The molecule has 0 aromatic heterocycles. The SMILES string of the molecule is CC(C)Sc1ccc(C(=O)N2CCOC(CN(C)CC(=O)O)C2)cc1. The molecule has 0 spiro atoms. The molecule has 1 fully saturated rings. The largest absolute Gasteiger partial charge is 0.480 e. The minimum atomic E-state index is -0.870. The molecular formula is C18H26N2O4S. The molecule has 0 bridgehead atoms. The summed E-state index contributed by atoms with van der Waals surface area (Å²) in [6.07, 6.45) is -0.169. The molecule has 0 radical (unpaired) electrons. The van der Waals surface area contributed by atoms with Crippen molar-refractivity contribution in [3.63, 3.8) is 0 Å². The highest BCUT2D eigenvalue weighted by Gasteiger charge is 2.26. The lowest BCUT2D eigenvalue weighted by molar-refractivity contribution is -0.138. The fourth-order valence-corrected chi connectivity index (χ4v) is 3.63. The molecule has 2 rings (SSSR count). The first-order chi connectivity index (χ1) is 11.8. The number of nitrogens with zero attached hydrogens (tertiary/aromatic N) is 2. The molecule has 25 heavy (non-hydrogen) atoms. The van der Waals surface area contributed by atoms with Gasteiger partial charge in [-0.15, -0.1) is 11.8 Å². The van der Waals surface area contributed by atoms with Gasteiger partial charge in [0.2, 0.25) is 0 Å². The molecule has 1 heterocycles. The Bertz CT molecular complexity index is 591. The van der Waals surface area contributed by atoms with Gasteiger partial charge in [0.15, 0.2) is 0 Å². The molecule has 0 aliphatic carbocycles. The summed E-state index contributed by atoms with van der Waals surface area (Å²) in [4.78, 5) is 28.1. The molecule has 1 N–H and O–H groups in total. The number of thioether (sulfide) groups is 1. The Kier molecular flexibility index (Phi) is 7.28. The molecule has 1 aliphatic heterocycles. The average molecular weight is 366 g/mol. The molecule has 138 valence electrons. The number of likely N-dealkylation sites (N-methyl/N-ethyl adjacent to an activating group) is 1. The van der Waals surface area contributed by atoms with E-state index < -0.39 is 5.97 Å². The normalized spacial score (nSPS) is 18.0. The predicted molar refractivity (Wildman–Crippen MR) is 98.2 cm³/mol. The number of benzene rings is 1. The van der Waals surface area contributed by atoms with Crippen LogP contribution in [0.3, 0.4) is 0 Å². The number of hydrogen-bond acceptors (Lipinski definition) is 5. The van der Waals surface area contributed by atoms with Crippen molar-refractivity contribution in [2.75, 3.05) is 39.8 Å². The lowest BCUT2D eigenvalue weighted by atomic mass is 10.1. The van der Waals surface area contributed by atoms with E-state index in [1.54, 1.807) is 28.6 Å². The third-order valence-electron chi connectivity index (χ3n) is 3.82. The van der Waals surface area contributed by atoms with E-state index in [2.05, 4.69) is 13.8 Å². The highest BCUT2D eigenvalue weighted by Crippen LogP contribution is 2.23. The van der Waals surface area contributed by atoms with Crippen LogP contribution in [0.4, 0.5) is 0 Å². The van der Waals surface area contributed by atoms with Crippen molar-refractivity contribution in [2.45, 2.75) is 30.1 Å². The van der Waals surface area contributed by atoms with E-state index in [9.17, 15) is 9.59 Å². The number of hydrogen-bond donors (Lipinski definition) is 1. The minimum absolute atomic E-state index is 0.00437. The van der Waals surface area contributed by atoms with Gasteiger partial charge < -0.3 is 14.7 Å². The van der Waals surface area contributed by atoms with Crippen molar-refractivity contribution < 1.29 is 19.4 Å². The molecular weight excluding hydrogens is 340 g/mol. The summed E-state index contributed by atoms with van der Waals surface area (Å²) in [7, 11) is 1.74. The molecule has 1 atom stereocenters. The summed E-state index contributed by atoms with van der Waals surface area (Å²) >= 11 is 1.77. The maximum absolute atomic E-state index is 12.7. The molecule has 6 nitrogen and oxygen atoms in total. The number of amides is 1. The van der Waals surface area contributed by atoms with Crippen molar-refractivity contribution in [3.05, 3.63) is 29.8 Å². The zero-order chi connectivity index (χ0) is 18.4. The first-order valence-corrected chi connectivity index (χ1v) is 9.31. The highest BCUT2D eigenvalue weighted by atomic mass is 32.2. The van der Waals surface area contributed by atoms with Crippen molar-refractivity contribution in [3.8, 4) is 0 Å². The molecule has 1 aromatic rings. The van der Waals surface area contributed by atoms with Crippen LogP contribution in [0.15, 0.2) is 29.2 Å². The third-order valence-corrected chi connectivity index (χ3v) is 4.84. The van der Waals surface area contributed by atoms with Gasteiger partial charge in [0.05, 0.1) is 19.3 Å². The topological polar surface area (TPSA) is 70.1 Å². The van der Waals surface area contributed by atoms with E-state index in [-0.39, 0.29) is 18.6 Å². The molecule has 1 aromatic carbocycles. The van der Waals surface area contributed by atoms with Crippen LogP contribution in [0.2, 0.25) is 0 Å². The van der Waals surface area contributed by atoms with Crippen LogP contribution in [0.5, 0.6) is 0 Å². The van der Waals surface area contributed by atoms with Crippen molar-refractivity contribution in [1.82, 2.24) is 9.80 Å². The van der Waals surface area contributed by atoms with Gasteiger partial charge in [-0.2, -0.15) is 0 Å². The second kappa shape index (κ2) is 9.22. The second-order valence-corrected chi connectivity index (χ2v) is 8.18. The zero-order valence-electron chi connectivity index (χ0n) is 15.0. The van der Waals surface area contributed by atoms with Gasteiger partial charge in [-0.05, 0) is 31.3 Å². The van der Waals surface area contributed by atoms with Crippen LogP contribution >= 0.6 is 11.8 Å². The number of aliphatic carboxylic acids is 1. The molecule has 1 amide bonds. The number of carboxylic acid groups (broad SMARTS) is 1. The lowest BCUT2D eigenvalue weighted by Crippen LogP contribution is -2.49. The number of carbonyl (C=O) groups is 2. The van der Waals surface area contributed by atoms with Gasteiger partial charge in [-0.25, -0.2) is 0 Å². The van der Waals surface area contributed by atoms with E-state index in [1.807, 2.05) is 24.3 Å². The monoisotopic (exact) mass is 366 g/mol. The summed E-state index contributed by atoms with van der Waals surface area (Å²) in [5.41, 5.74) is 0.674. The van der Waals surface area contributed by atoms with E-state index in [4.69, 9.17) is 9.84 Å². The number of ether oxygens (including phenoxy) is 1. The molecule has 1 aliphatic rings. The first-order valence-electron chi connectivity index (χ1n) is 8.43. The van der Waals surface area contributed by atoms with Crippen LogP contribution in [0.1, 0.15) is 24.2 Å². The highest BCUT2D eigenvalue weighted by molar-refractivity contribution is 7.99. The maximum atomic E-state index is 12.7. The van der Waals surface area contributed by atoms with Crippen LogP contribution in [-0.2, 0) is 9.53 Å². The standard InChI is InChI=1S/C18H26N2O4S/c1-13(2)25-16-6-4-14(5-7-16)18(23)20-8-9-24-15(11-20)10-19(3)12-17(21)22/h4-7,13,15H,8-12H2,1-3H3,(H,21,22). The number of carboxylic acids is 1. The van der Waals surface area contributed by atoms with Gasteiger partial charge >= 0.3 is 5.97 Å². The smallest absolute Gasteiger partial charge is 0.317 e. The van der Waals surface area contributed by atoms with E-state index in [1.165, 1.54) is 0 Å². The summed E-state index contributed by atoms with van der Waals surface area (Å²) in [5, 5.41) is 9.33. The lowest BCUT2D eigenvalue weighted by Gasteiger charge is -2.34. The quantitative estimate of drug-likeness (QED) is 0.745. The third kappa shape index (κ3) is 6.34. The summed E-state index contributed by atoms with van der Waals surface area (Å²) in [6, 6.07) is 7.70. The number of morpholine rings is 1. The summed E-state index contributed by atoms with van der Waals surface area (Å²) in [6.45, 7) is 6.23. The number of rotatable bonds is 7. The van der Waals surface area contributed by atoms with Gasteiger partial charge in [0, 0.05) is 35.3 Å². The Labute approximate surface area is 153 Å². The van der Waals surface area contributed by atoms with Crippen molar-refractivity contribution >= 4 is 23.6 Å². The second-order valence-electron chi connectivity index (χ2n) is 6.53. The molecule has 1 saturated heterocycles. The molecule has 0 saturated carbocycles. The van der Waals surface area contributed by atoms with E-state index in [0.29, 0.717) is 37.1 Å². The van der Waals surface area contributed by atoms with Crippen molar-refractivity contribution in [2.24, 2.45) is 0 Å². The van der Waals surface area contributed by atoms with Gasteiger partial charge in [-0.1, -0.05) is 13.8 Å². The summed E-state index contributed by atoms with van der Waals surface area (Å²) < 4.78 is 5.68. The number of carbonyl (C=O) groups excluding carboxylic acids is 1. The Morgan fingerprint density at radius 2 is 2.04 bits per heavy atom. The average Bonchev–Trinajstić information content (AvgIpc) is 2.53. The Morgan fingerprint density at radius 3 is 2.64 bits per heavy atom. The Morgan fingerprint density at radius 1 is 1.36 bits per heavy atom. The zero-order valence-corrected chi connectivity index (χ0v) is 15.8. The Hall–Kier alpha value is -1.57. The maximum Gasteiger partial charge on any atom is 0.317 e. The molecule has 7 heteroatoms. The fourth-order valence-electron chi connectivity index (χ4n) is 2.79. The van der Waals surface area contributed by atoms with Gasteiger partial charge in [-0.3, -0.25) is 14.5 Å². The van der Waals surface area contributed by atoms with Crippen LogP contribution in [0.25, 0.3) is 0 Å². The fraction of sp³-hybridized carbons (Fsp3) is 0.556. The van der Waals surface area contributed by atoms with Crippen LogP contribution < -0.4 is 0 Å². The van der Waals surface area contributed by atoms with E-state index >= 15 is 0 Å². The predicted octanol–water partition coefficient (Wildman–Crippen LogP) is 2.04. The molecule has 1 unspecified atom stereocenters. The van der Waals surface area contributed by atoms with Gasteiger partial charge in [0.1, 0.15) is 0 Å².